The minimum Gasteiger partial charge on any atom is -0.427 e. The summed E-state index contributed by atoms with van der Waals surface area (Å²) in [5.41, 5.74) is 5.00. The van der Waals surface area contributed by atoms with E-state index in [1.165, 1.54) is 16.3 Å². The Morgan fingerprint density at radius 1 is 1.17 bits per heavy atom. The van der Waals surface area contributed by atoms with Crippen LogP contribution in [-0.2, 0) is 0 Å². The molecule has 1 rings (SSSR count). The molecule has 1 aliphatic heterocycles. The molecule has 1 heterocycles. The molecular weight excluding hydrogens is 164 g/mol. The van der Waals surface area contributed by atoms with Gasteiger partial charge < -0.3 is 4.80 Å². The molecule has 0 aliphatic carbocycles. The molecule has 2 heteroatoms. The van der Waals surface area contributed by atoms with Gasteiger partial charge in [-0.15, -0.1) is 0 Å². The molecule has 1 aliphatic rings. The van der Waals surface area contributed by atoms with Crippen molar-refractivity contribution in [1.29, 1.82) is 0 Å². The lowest BCUT2D eigenvalue weighted by atomic mass is 10.0. The summed E-state index contributed by atoms with van der Waals surface area (Å²) in [5, 5.41) is 1.37. The molecule has 1 nitrogen and oxygen atoms in total. The molecule has 68 valence electrons. The van der Waals surface area contributed by atoms with E-state index in [4.69, 9.17) is 0 Å². The summed E-state index contributed by atoms with van der Waals surface area (Å²) in [7, 11) is -1.60. The van der Waals surface area contributed by atoms with Gasteiger partial charge in [0.05, 0.1) is 0 Å². The Balaban J connectivity index is 2.94. The molecule has 0 saturated heterocycles. The van der Waals surface area contributed by atoms with Crippen molar-refractivity contribution in [2.75, 3.05) is 0 Å². The first-order valence-corrected chi connectivity index (χ1v) is 6.61. The summed E-state index contributed by atoms with van der Waals surface area (Å²) in [4.78, 5) is 9.80. The predicted octanol–water partition coefficient (Wildman–Crippen LogP) is 2.25. The SMILES string of the molecule is CCC1=C[SiH](O)C(CC)=C1CC. The second kappa shape index (κ2) is 4.05. The van der Waals surface area contributed by atoms with Crippen LogP contribution in [0.25, 0.3) is 0 Å². The average molecular weight is 182 g/mol. The molecule has 0 aromatic rings. The second-order valence-electron chi connectivity index (χ2n) is 3.20. The summed E-state index contributed by atoms with van der Waals surface area (Å²) in [6.07, 6.45) is 3.21. The van der Waals surface area contributed by atoms with E-state index < -0.39 is 9.04 Å². The largest absolute Gasteiger partial charge is 0.427 e. The van der Waals surface area contributed by atoms with Crippen molar-refractivity contribution in [2.45, 2.75) is 40.0 Å². The van der Waals surface area contributed by atoms with Crippen molar-refractivity contribution in [1.82, 2.24) is 0 Å². The number of allylic oxidation sites excluding steroid dienone is 3. The van der Waals surface area contributed by atoms with E-state index in [0.29, 0.717) is 0 Å². The summed E-state index contributed by atoms with van der Waals surface area (Å²) < 4.78 is 0. The maximum atomic E-state index is 9.80. The summed E-state index contributed by atoms with van der Waals surface area (Å²) in [6, 6.07) is 0. The second-order valence-corrected chi connectivity index (χ2v) is 5.12. The third kappa shape index (κ3) is 1.54. The van der Waals surface area contributed by atoms with E-state index >= 15 is 0 Å². The summed E-state index contributed by atoms with van der Waals surface area (Å²) >= 11 is 0. The first kappa shape index (κ1) is 9.74. The smallest absolute Gasteiger partial charge is 0.225 e. The Morgan fingerprint density at radius 3 is 2.25 bits per heavy atom. The Morgan fingerprint density at radius 2 is 1.83 bits per heavy atom. The van der Waals surface area contributed by atoms with Gasteiger partial charge in [0.2, 0.25) is 9.04 Å². The van der Waals surface area contributed by atoms with Crippen molar-refractivity contribution < 1.29 is 4.80 Å². The summed E-state index contributed by atoms with van der Waals surface area (Å²) in [6.45, 7) is 6.50. The molecule has 1 atom stereocenters. The van der Waals surface area contributed by atoms with Crippen LogP contribution in [0, 0.1) is 0 Å². The van der Waals surface area contributed by atoms with Crippen LogP contribution in [0.1, 0.15) is 40.0 Å². The van der Waals surface area contributed by atoms with E-state index in [1.807, 2.05) is 0 Å². The first-order valence-electron chi connectivity index (χ1n) is 4.85. The first-order chi connectivity index (χ1) is 5.74. The van der Waals surface area contributed by atoms with Crippen LogP contribution in [0.5, 0.6) is 0 Å². The lowest BCUT2D eigenvalue weighted by Gasteiger charge is -2.07. The van der Waals surface area contributed by atoms with Gasteiger partial charge in [0, 0.05) is 0 Å². The molecule has 0 aromatic heterocycles. The van der Waals surface area contributed by atoms with Crippen LogP contribution >= 0.6 is 0 Å². The maximum absolute atomic E-state index is 9.80. The zero-order valence-electron chi connectivity index (χ0n) is 8.22. The van der Waals surface area contributed by atoms with E-state index in [1.54, 1.807) is 0 Å². The molecule has 0 radical (unpaired) electrons. The Labute approximate surface area is 76.5 Å². The van der Waals surface area contributed by atoms with Gasteiger partial charge in [-0.3, -0.25) is 0 Å². The standard InChI is InChI=1S/C10H18OSi/c1-4-8-7-12(11)10(6-3)9(8)5-2/h7,11-12H,4-6H2,1-3H3. The minimum absolute atomic E-state index is 1.04. The topological polar surface area (TPSA) is 20.2 Å². The van der Waals surface area contributed by atoms with Crippen molar-refractivity contribution >= 4 is 9.04 Å². The molecular formula is C10H18OSi. The Bertz CT molecular complexity index is 228. The van der Waals surface area contributed by atoms with E-state index in [9.17, 15) is 4.80 Å². The maximum Gasteiger partial charge on any atom is 0.225 e. The van der Waals surface area contributed by atoms with Gasteiger partial charge in [-0.2, -0.15) is 0 Å². The molecule has 12 heavy (non-hydrogen) atoms. The zero-order valence-corrected chi connectivity index (χ0v) is 9.38. The van der Waals surface area contributed by atoms with Gasteiger partial charge in [-0.1, -0.05) is 37.2 Å². The molecule has 0 saturated carbocycles. The monoisotopic (exact) mass is 182 g/mol. The van der Waals surface area contributed by atoms with E-state index in [0.717, 1.165) is 19.3 Å². The van der Waals surface area contributed by atoms with Crippen LogP contribution < -0.4 is 0 Å². The van der Waals surface area contributed by atoms with Gasteiger partial charge >= 0.3 is 0 Å². The van der Waals surface area contributed by atoms with E-state index in [2.05, 4.69) is 26.5 Å². The van der Waals surface area contributed by atoms with Gasteiger partial charge in [0.1, 0.15) is 0 Å². The molecule has 0 amide bonds. The highest BCUT2D eigenvalue weighted by molar-refractivity contribution is 6.66. The fourth-order valence-electron chi connectivity index (χ4n) is 1.98. The van der Waals surface area contributed by atoms with Crippen LogP contribution in [0.3, 0.4) is 0 Å². The van der Waals surface area contributed by atoms with Crippen molar-refractivity contribution in [3.05, 3.63) is 22.0 Å². The molecule has 0 spiro atoms. The third-order valence-electron chi connectivity index (χ3n) is 2.61. The van der Waals surface area contributed by atoms with Crippen molar-refractivity contribution in [3.63, 3.8) is 0 Å². The third-order valence-corrected chi connectivity index (χ3v) is 4.80. The number of hydrogen-bond acceptors (Lipinski definition) is 1. The highest BCUT2D eigenvalue weighted by Gasteiger charge is 2.22. The van der Waals surface area contributed by atoms with Gasteiger partial charge in [-0.05, 0) is 24.8 Å². The molecule has 1 N–H and O–H groups in total. The highest BCUT2D eigenvalue weighted by Crippen LogP contribution is 2.30. The molecule has 0 fully saturated rings. The minimum atomic E-state index is -1.60. The normalized spacial score (nSPS) is 23.3. The van der Waals surface area contributed by atoms with Crippen molar-refractivity contribution in [2.24, 2.45) is 0 Å². The highest BCUT2D eigenvalue weighted by atomic mass is 28.3. The van der Waals surface area contributed by atoms with Gasteiger partial charge in [-0.25, -0.2) is 0 Å². The van der Waals surface area contributed by atoms with Crippen LogP contribution in [0.4, 0.5) is 0 Å². The van der Waals surface area contributed by atoms with Crippen LogP contribution in [0.2, 0.25) is 0 Å². The van der Waals surface area contributed by atoms with Crippen molar-refractivity contribution in [3.8, 4) is 0 Å². The number of hydrogen-bond donors (Lipinski definition) is 1. The number of rotatable bonds is 3. The van der Waals surface area contributed by atoms with Gasteiger partial charge in [0.15, 0.2) is 0 Å². The van der Waals surface area contributed by atoms with E-state index in [-0.39, 0.29) is 0 Å². The predicted molar refractivity (Wildman–Crippen MR) is 55.3 cm³/mol. The van der Waals surface area contributed by atoms with Crippen LogP contribution in [-0.4, -0.2) is 13.8 Å². The molecule has 0 bridgehead atoms. The van der Waals surface area contributed by atoms with Gasteiger partial charge in [0.25, 0.3) is 0 Å². The zero-order chi connectivity index (χ0) is 9.14. The lowest BCUT2D eigenvalue weighted by molar-refractivity contribution is 0.592. The molecule has 1 unspecified atom stereocenters. The fourth-order valence-corrected chi connectivity index (χ4v) is 4.17. The van der Waals surface area contributed by atoms with Crippen LogP contribution in [0.15, 0.2) is 22.0 Å². The lowest BCUT2D eigenvalue weighted by Crippen LogP contribution is -2.09. The molecule has 0 aromatic carbocycles. The Hall–Kier alpha value is -0.343. The fraction of sp³-hybridized carbons (Fsp3) is 0.600. The average Bonchev–Trinajstić information content (AvgIpc) is 2.40. The quantitative estimate of drug-likeness (QED) is 0.664. The summed E-state index contributed by atoms with van der Waals surface area (Å²) in [5.74, 6) is 0. The Kier molecular flexibility index (Phi) is 3.29.